The van der Waals surface area contributed by atoms with Gasteiger partial charge in [-0.05, 0) is 72.7 Å². The lowest BCUT2D eigenvalue weighted by molar-refractivity contribution is 0.628. The lowest BCUT2D eigenvalue weighted by Crippen LogP contribution is -1.99. The maximum absolute atomic E-state index is 13.3. The van der Waals surface area contributed by atoms with Gasteiger partial charge in [0, 0.05) is 16.6 Å². The molecule has 0 radical (unpaired) electrons. The van der Waals surface area contributed by atoms with Crippen molar-refractivity contribution in [2.24, 2.45) is 5.73 Å². The van der Waals surface area contributed by atoms with E-state index in [2.05, 4.69) is 37.0 Å². The Kier molecular flexibility index (Phi) is 5.00. The molecule has 0 aliphatic rings. The Morgan fingerprint density at radius 1 is 1.04 bits per heavy atom. The highest BCUT2D eigenvalue weighted by atomic mass is 19.1. The van der Waals surface area contributed by atoms with Crippen molar-refractivity contribution < 1.29 is 4.39 Å². The van der Waals surface area contributed by atoms with E-state index in [1.807, 2.05) is 12.1 Å². The molecule has 0 amide bonds. The Balaban J connectivity index is 2.16. The summed E-state index contributed by atoms with van der Waals surface area (Å²) in [5, 5.41) is 1.28. The van der Waals surface area contributed by atoms with E-state index in [-0.39, 0.29) is 5.82 Å². The van der Waals surface area contributed by atoms with Gasteiger partial charge in [0.05, 0.1) is 0 Å². The smallest absolute Gasteiger partial charge is 0.123 e. The van der Waals surface area contributed by atoms with Crippen molar-refractivity contribution in [3.05, 3.63) is 59.4 Å². The number of rotatable bonds is 6. The largest absolute Gasteiger partial charge is 0.354 e. The van der Waals surface area contributed by atoms with Crippen LogP contribution in [-0.4, -0.2) is 11.5 Å². The number of hydrogen-bond donors (Lipinski definition) is 2. The first-order chi connectivity index (χ1) is 11.6. The molecule has 2 aromatic carbocycles. The molecule has 3 heteroatoms. The molecule has 0 unspecified atom stereocenters. The zero-order chi connectivity index (χ0) is 17.1. The van der Waals surface area contributed by atoms with Crippen molar-refractivity contribution in [3.63, 3.8) is 0 Å². The Hall–Kier alpha value is -2.13. The number of aryl methyl sites for hydroxylation is 1. The number of nitrogens with two attached hydrogens (primary N) is 1. The molecule has 0 bridgehead atoms. The monoisotopic (exact) mass is 324 g/mol. The molecule has 24 heavy (non-hydrogen) atoms. The molecular weight excluding hydrogens is 299 g/mol. The van der Waals surface area contributed by atoms with Gasteiger partial charge in [-0.15, -0.1) is 0 Å². The van der Waals surface area contributed by atoms with E-state index in [1.165, 1.54) is 34.2 Å². The summed E-state index contributed by atoms with van der Waals surface area (Å²) in [6.07, 6.45) is 3.05. The summed E-state index contributed by atoms with van der Waals surface area (Å²) in [6, 6.07) is 13.2. The predicted molar refractivity (Wildman–Crippen MR) is 99.8 cm³/mol. The molecule has 3 rings (SSSR count). The third kappa shape index (κ3) is 3.22. The van der Waals surface area contributed by atoms with Crippen molar-refractivity contribution in [2.75, 3.05) is 6.54 Å². The molecule has 0 atom stereocenters. The van der Waals surface area contributed by atoms with Gasteiger partial charge < -0.3 is 10.7 Å². The normalized spacial score (nSPS) is 11.5. The zero-order valence-corrected chi connectivity index (χ0v) is 14.4. The van der Waals surface area contributed by atoms with E-state index in [0.717, 1.165) is 30.5 Å². The lowest BCUT2D eigenvalue weighted by Gasteiger charge is -2.07. The molecule has 0 aliphatic heterocycles. The maximum atomic E-state index is 13.3. The van der Waals surface area contributed by atoms with Crippen LogP contribution in [0.5, 0.6) is 0 Å². The van der Waals surface area contributed by atoms with Gasteiger partial charge in [-0.1, -0.05) is 32.0 Å². The topological polar surface area (TPSA) is 41.8 Å². The second kappa shape index (κ2) is 7.18. The molecule has 0 fully saturated rings. The van der Waals surface area contributed by atoms with Gasteiger partial charge >= 0.3 is 0 Å². The van der Waals surface area contributed by atoms with Crippen LogP contribution in [0.4, 0.5) is 4.39 Å². The molecule has 0 saturated heterocycles. The number of nitrogens with one attached hydrogen (secondary N) is 1. The van der Waals surface area contributed by atoms with E-state index >= 15 is 0 Å². The number of hydrogen-bond acceptors (Lipinski definition) is 1. The third-order valence-corrected chi connectivity index (χ3v) is 4.61. The number of para-hydroxylation sites is 1. The summed E-state index contributed by atoms with van der Waals surface area (Å²) in [7, 11) is 0. The molecule has 3 N–H and O–H groups in total. The highest BCUT2D eigenvalue weighted by Crippen LogP contribution is 2.35. The van der Waals surface area contributed by atoms with Crippen molar-refractivity contribution >= 4 is 10.9 Å². The molecule has 0 saturated carbocycles. The number of fused-ring (bicyclic) bond motifs is 1. The fraction of sp³-hybridized carbons (Fsp3) is 0.333. The fourth-order valence-electron chi connectivity index (χ4n) is 3.35. The first-order valence-corrected chi connectivity index (χ1v) is 8.71. The van der Waals surface area contributed by atoms with Crippen molar-refractivity contribution in [2.45, 2.75) is 39.0 Å². The fourth-order valence-corrected chi connectivity index (χ4v) is 3.35. The highest BCUT2D eigenvalue weighted by molar-refractivity contribution is 5.93. The second-order valence-electron chi connectivity index (χ2n) is 6.66. The molecule has 3 aromatic rings. The quantitative estimate of drug-likeness (QED) is 0.587. The van der Waals surface area contributed by atoms with Crippen LogP contribution in [0.3, 0.4) is 0 Å². The number of benzene rings is 2. The van der Waals surface area contributed by atoms with Crippen molar-refractivity contribution in [3.8, 4) is 11.3 Å². The highest BCUT2D eigenvalue weighted by Gasteiger charge is 2.16. The average molecular weight is 324 g/mol. The molecule has 1 aromatic heterocycles. The molecule has 1 heterocycles. The number of aromatic nitrogens is 1. The standard InChI is InChI=1S/C21H25FN2/c1-14(2)17-7-5-8-19-18(6-3-4-13-23)20(24-21(17)19)15-9-11-16(22)12-10-15/h5,7-12,14,24H,3-4,6,13,23H2,1-2H3. The van der Waals surface area contributed by atoms with Gasteiger partial charge in [-0.25, -0.2) is 4.39 Å². The minimum atomic E-state index is -0.206. The maximum Gasteiger partial charge on any atom is 0.123 e. The van der Waals surface area contributed by atoms with Gasteiger partial charge in [-0.3, -0.25) is 0 Å². The summed E-state index contributed by atoms with van der Waals surface area (Å²) in [4.78, 5) is 3.62. The number of H-pyrrole nitrogens is 1. The molecule has 2 nitrogen and oxygen atoms in total. The summed E-state index contributed by atoms with van der Waals surface area (Å²) in [6.45, 7) is 5.13. The van der Waals surface area contributed by atoms with Crippen LogP contribution in [0.1, 0.15) is 43.7 Å². The van der Waals surface area contributed by atoms with Crippen LogP contribution in [0.15, 0.2) is 42.5 Å². The lowest BCUT2D eigenvalue weighted by atomic mass is 9.96. The van der Waals surface area contributed by atoms with E-state index in [0.29, 0.717) is 12.5 Å². The first-order valence-electron chi connectivity index (χ1n) is 8.71. The van der Waals surface area contributed by atoms with E-state index in [4.69, 9.17) is 5.73 Å². The zero-order valence-electron chi connectivity index (χ0n) is 14.4. The average Bonchev–Trinajstić information content (AvgIpc) is 2.94. The summed E-state index contributed by atoms with van der Waals surface area (Å²) >= 11 is 0. The minimum absolute atomic E-state index is 0.206. The van der Waals surface area contributed by atoms with Crippen molar-refractivity contribution in [1.29, 1.82) is 0 Å². The van der Waals surface area contributed by atoms with Crippen LogP contribution in [0, 0.1) is 5.82 Å². The minimum Gasteiger partial charge on any atom is -0.354 e. The number of aromatic amines is 1. The van der Waals surface area contributed by atoms with Gasteiger partial charge in [-0.2, -0.15) is 0 Å². The Morgan fingerprint density at radius 3 is 2.46 bits per heavy atom. The predicted octanol–water partition coefficient (Wildman–Crippen LogP) is 5.38. The van der Waals surface area contributed by atoms with Crippen LogP contribution in [0.25, 0.3) is 22.2 Å². The van der Waals surface area contributed by atoms with Crippen LogP contribution >= 0.6 is 0 Å². The Labute approximate surface area is 142 Å². The van der Waals surface area contributed by atoms with Gasteiger partial charge in [0.1, 0.15) is 5.82 Å². The van der Waals surface area contributed by atoms with E-state index < -0.39 is 0 Å². The first kappa shape index (κ1) is 16.7. The summed E-state index contributed by atoms with van der Waals surface area (Å²) in [5.74, 6) is 0.243. The van der Waals surface area contributed by atoms with E-state index in [1.54, 1.807) is 0 Å². The number of halogens is 1. The molecular formula is C21H25FN2. The number of unbranched alkanes of at least 4 members (excludes halogenated alkanes) is 1. The van der Waals surface area contributed by atoms with Crippen LogP contribution < -0.4 is 5.73 Å². The summed E-state index contributed by atoms with van der Waals surface area (Å²) in [5.41, 5.74) is 11.6. The van der Waals surface area contributed by atoms with Gasteiger partial charge in [0.25, 0.3) is 0 Å². The molecule has 126 valence electrons. The van der Waals surface area contributed by atoms with Gasteiger partial charge in [0.15, 0.2) is 0 Å². The third-order valence-electron chi connectivity index (χ3n) is 4.61. The van der Waals surface area contributed by atoms with Crippen molar-refractivity contribution in [1.82, 2.24) is 4.98 Å². The van der Waals surface area contributed by atoms with E-state index in [9.17, 15) is 4.39 Å². The molecule has 0 spiro atoms. The Morgan fingerprint density at radius 2 is 1.79 bits per heavy atom. The Bertz CT molecular complexity index is 816. The van der Waals surface area contributed by atoms with Crippen LogP contribution in [-0.2, 0) is 6.42 Å². The SMILES string of the molecule is CC(C)c1cccc2c(CCCCN)c(-c3ccc(F)cc3)[nH]c12. The molecule has 0 aliphatic carbocycles. The van der Waals surface area contributed by atoms with Crippen LogP contribution in [0.2, 0.25) is 0 Å². The summed E-state index contributed by atoms with van der Waals surface area (Å²) < 4.78 is 13.3. The van der Waals surface area contributed by atoms with Gasteiger partial charge in [0.2, 0.25) is 0 Å². The second-order valence-corrected chi connectivity index (χ2v) is 6.66.